The molecule has 0 bridgehead atoms. The third kappa shape index (κ3) is 3.92. The van der Waals surface area contributed by atoms with Gasteiger partial charge in [-0.2, -0.15) is 0 Å². The number of fused-ring (bicyclic) bond motifs is 1. The molecule has 0 amide bonds. The molecule has 1 aromatic heterocycles. The largest absolute Gasteiger partial charge is 0.573 e. The Hall–Kier alpha value is -2.83. The van der Waals surface area contributed by atoms with Gasteiger partial charge < -0.3 is 9.47 Å². The molecule has 0 atom stereocenters. The number of nitrogens with zero attached hydrogens (tertiary/aromatic N) is 1. The first-order valence-corrected chi connectivity index (χ1v) is 7.12. The highest BCUT2D eigenvalue weighted by molar-refractivity contribution is 5.83. The quantitative estimate of drug-likeness (QED) is 0.782. The number of benzene rings is 1. The zero-order chi connectivity index (χ0) is 17.2. The van der Waals surface area contributed by atoms with Gasteiger partial charge in [-0.05, 0) is 60.4 Å². The van der Waals surface area contributed by atoms with Gasteiger partial charge in [0.2, 0.25) is 5.88 Å². The summed E-state index contributed by atoms with van der Waals surface area (Å²) in [6.07, 6.45) is -0.855. The number of carbonyl (C=O) groups excluding carboxylic acids is 1. The van der Waals surface area contributed by atoms with Gasteiger partial charge in [-0.25, -0.2) is 4.98 Å². The number of allylic oxidation sites excluding steroid dienone is 1. The van der Waals surface area contributed by atoms with Crippen LogP contribution in [0, 0.1) is 0 Å². The third-order valence-electron chi connectivity index (χ3n) is 3.41. The van der Waals surface area contributed by atoms with Gasteiger partial charge in [0.05, 0.1) is 5.69 Å². The molecule has 0 unspecified atom stereocenters. The first kappa shape index (κ1) is 16.0. The van der Waals surface area contributed by atoms with Gasteiger partial charge in [-0.15, -0.1) is 13.2 Å². The van der Waals surface area contributed by atoms with E-state index in [-0.39, 0.29) is 5.75 Å². The van der Waals surface area contributed by atoms with Gasteiger partial charge in [0.15, 0.2) is 0 Å². The smallest absolute Gasteiger partial charge is 0.439 e. The summed E-state index contributed by atoms with van der Waals surface area (Å²) in [5.41, 5.74) is 2.40. The van der Waals surface area contributed by atoms with Crippen LogP contribution >= 0.6 is 0 Å². The van der Waals surface area contributed by atoms with Gasteiger partial charge in [0, 0.05) is 6.07 Å². The van der Waals surface area contributed by atoms with E-state index in [1.54, 1.807) is 18.2 Å². The lowest BCUT2D eigenvalue weighted by Gasteiger charge is -2.14. The lowest BCUT2D eigenvalue weighted by molar-refractivity contribution is -0.274. The van der Waals surface area contributed by atoms with Crippen molar-refractivity contribution in [2.24, 2.45) is 0 Å². The summed E-state index contributed by atoms with van der Waals surface area (Å²) >= 11 is 0. The zero-order valence-corrected chi connectivity index (χ0v) is 12.3. The fraction of sp³-hybridized carbons (Fsp3) is 0.176. The summed E-state index contributed by atoms with van der Waals surface area (Å²) in [7, 11) is 0. The van der Waals surface area contributed by atoms with Crippen molar-refractivity contribution in [2.45, 2.75) is 19.2 Å². The minimum Gasteiger partial charge on any atom is -0.439 e. The summed E-state index contributed by atoms with van der Waals surface area (Å²) in [4.78, 5) is 15.2. The van der Waals surface area contributed by atoms with E-state index in [0.717, 1.165) is 23.1 Å². The van der Waals surface area contributed by atoms with Crippen molar-refractivity contribution in [3.8, 4) is 17.4 Å². The van der Waals surface area contributed by atoms with Crippen LogP contribution in [0.2, 0.25) is 0 Å². The molecule has 4 nitrogen and oxygen atoms in total. The van der Waals surface area contributed by atoms with E-state index < -0.39 is 6.36 Å². The van der Waals surface area contributed by atoms with Gasteiger partial charge in [-0.3, -0.25) is 4.79 Å². The van der Waals surface area contributed by atoms with E-state index in [4.69, 9.17) is 4.74 Å². The molecule has 24 heavy (non-hydrogen) atoms. The number of halogens is 3. The molecular weight excluding hydrogens is 323 g/mol. The molecule has 0 fully saturated rings. The Kier molecular flexibility index (Phi) is 4.24. The molecule has 0 N–H and O–H groups in total. The monoisotopic (exact) mass is 335 g/mol. The molecule has 0 saturated carbocycles. The van der Waals surface area contributed by atoms with E-state index >= 15 is 0 Å². The Balaban J connectivity index is 1.73. The minimum absolute atomic E-state index is 0.320. The van der Waals surface area contributed by atoms with Crippen molar-refractivity contribution in [1.82, 2.24) is 4.98 Å². The first-order valence-electron chi connectivity index (χ1n) is 7.12. The molecule has 7 heteroatoms. The summed E-state index contributed by atoms with van der Waals surface area (Å²) in [5.74, 6) is 0.359. The number of aryl methyl sites for hydroxylation is 1. The predicted molar refractivity (Wildman–Crippen MR) is 79.8 cm³/mol. The molecule has 124 valence electrons. The molecule has 0 radical (unpaired) electrons. The first-order chi connectivity index (χ1) is 11.4. The molecule has 1 heterocycles. The highest BCUT2D eigenvalue weighted by Gasteiger charge is 2.31. The van der Waals surface area contributed by atoms with Crippen molar-refractivity contribution in [3.63, 3.8) is 0 Å². The average Bonchev–Trinajstić information content (AvgIpc) is 2.55. The van der Waals surface area contributed by atoms with E-state index in [9.17, 15) is 18.0 Å². The van der Waals surface area contributed by atoms with Crippen LogP contribution < -0.4 is 9.47 Å². The Morgan fingerprint density at radius 1 is 1.00 bits per heavy atom. The molecular formula is C17H12F3NO3. The SMILES string of the molecule is O=CC1=Cc2ccc(Oc3ccc(OC(F)(F)F)cc3)nc2CC1. The third-order valence-corrected chi connectivity index (χ3v) is 3.41. The number of hydrogen-bond acceptors (Lipinski definition) is 4. The van der Waals surface area contributed by atoms with Gasteiger partial charge in [0.25, 0.3) is 0 Å². The fourth-order valence-corrected chi connectivity index (χ4v) is 2.34. The Morgan fingerprint density at radius 3 is 2.38 bits per heavy atom. The van der Waals surface area contributed by atoms with E-state index in [0.29, 0.717) is 24.5 Å². The summed E-state index contributed by atoms with van der Waals surface area (Å²) in [6, 6.07) is 8.50. The highest BCUT2D eigenvalue weighted by Crippen LogP contribution is 2.28. The summed E-state index contributed by atoms with van der Waals surface area (Å²) in [5, 5.41) is 0. The van der Waals surface area contributed by atoms with Crippen molar-refractivity contribution in [1.29, 1.82) is 0 Å². The Bertz CT molecular complexity index is 783. The minimum atomic E-state index is -4.73. The molecule has 0 spiro atoms. The van der Waals surface area contributed by atoms with Crippen molar-refractivity contribution in [3.05, 3.63) is 53.2 Å². The molecule has 1 aliphatic carbocycles. The molecule has 0 saturated heterocycles. The second-order valence-corrected chi connectivity index (χ2v) is 5.14. The summed E-state index contributed by atoms with van der Waals surface area (Å²) < 4.78 is 45.7. The predicted octanol–water partition coefficient (Wildman–Crippen LogP) is 4.30. The number of aromatic nitrogens is 1. The van der Waals surface area contributed by atoms with Crippen LogP contribution in [0.1, 0.15) is 17.7 Å². The molecule has 1 aromatic carbocycles. The Labute approximate surface area is 135 Å². The van der Waals surface area contributed by atoms with Crippen molar-refractivity contribution < 1.29 is 27.4 Å². The van der Waals surface area contributed by atoms with Crippen LogP contribution in [-0.2, 0) is 11.2 Å². The maximum absolute atomic E-state index is 12.1. The fourth-order valence-electron chi connectivity index (χ4n) is 2.34. The van der Waals surface area contributed by atoms with Gasteiger partial charge >= 0.3 is 6.36 Å². The number of alkyl halides is 3. The van der Waals surface area contributed by atoms with Crippen molar-refractivity contribution >= 4 is 12.4 Å². The maximum atomic E-state index is 12.1. The number of rotatable bonds is 4. The van der Waals surface area contributed by atoms with Crippen LogP contribution in [-0.4, -0.2) is 17.6 Å². The second-order valence-electron chi connectivity index (χ2n) is 5.14. The maximum Gasteiger partial charge on any atom is 0.573 e. The average molecular weight is 335 g/mol. The van der Waals surface area contributed by atoms with Crippen LogP contribution in [0.15, 0.2) is 42.0 Å². The number of hydrogen-bond donors (Lipinski definition) is 0. The number of ether oxygens (including phenoxy) is 2. The van der Waals surface area contributed by atoms with Crippen LogP contribution in [0.4, 0.5) is 13.2 Å². The molecule has 2 aromatic rings. The van der Waals surface area contributed by atoms with E-state index in [2.05, 4.69) is 9.72 Å². The second kappa shape index (κ2) is 6.35. The van der Waals surface area contributed by atoms with Crippen LogP contribution in [0.5, 0.6) is 17.4 Å². The molecule has 0 aliphatic heterocycles. The normalized spacial score (nSPS) is 13.7. The van der Waals surface area contributed by atoms with E-state index in [1.807, 2.05) is 0 Å². The Morgan fingerprint density at radius 2 is 1.71 bits per heavy atom. The van der Waals surface area contributed by atoms with Crippen LogP contribution in [0.3, 0.4) is 0 Å². The lowest BCUT2D eigenvalue weighted by atomic mass is 9.97. The van der Waals surface area contributed by atoms with Gasteiger partial charge in [0.1, 0.15) is 17.8 Å². The number of carbonyl (C=O) groups is 1. The molecule has 1 aliphatic rings. The standard InChI is InChI=1S/C17H12F3NO3/c18-17(19,20)24-14-5-3-13(4-6-14)23-16-8-2-12-9-11(10-22)1-7-15(12)21-16/h2-6,8-10H,1,7H2. The lowest BCUT2D eigenvalue weighted by Crippen LogP contribution is -2.16. The topological polar surface area (TPSA) is 48.4 Å². The summed E-state index contributed by atoms with van der Waals surface area (Å²) in [6.45, 7) is 0. The number of aldehydes is 1. The zero-order valence-electron chi connectivity index (χ0n) is 12.3. The highest BCUT2D eigenvalue weighted by atomic mass is 19.4. The number of pyridine rings is 1. The van der Waals surface area contributed by atoms with Gasteiger partial charge in [-0.1, -0.05) is 0 Å². The van der Waals surface area contributed by atoms with E-state index in [1.165, 1.54) is 24.3 Å². The molecule has 3 rings (SSSR count). The van der Waals surface area contributed by atoms with Crippen LogP contribution in [0.25, 0.3) is 6.08 Å². The van der Waals surface area contributed by atoms with Crippen molar-refractivity contribution in [2.75, 3.05) is 0 Å².